The molecule has 0 bridgehead atoms. The number of hydrogen-bond donors (Lipinski definition) is 1. The van der Waals surface area contributed by atoms with E-state index in [4.69, 9.17) is 0 Å². The van der Waals surface area contributed by atoms with Crippen molar-refractivity contribution >= 4 is 27.4 Å². The second-order valence-corrected chi connectivity index (χ2v) is 8.68. The highest BCUT2D eigenvalue weighted by Gasteiger charge is 2.27. The van der Waals surface area contributed by atoms with E-state index >= 15 is 0 Å². The average molecular weight is 399 g/mol. The van der Waals surface area contributed by atoms with Gasteiger partial charge < -0.3 is 10.2 Å². The summed E-state index contributed by atoms with van der Waals surface area (Å²) in [5.41, 5.74) is 3.52. The third-order valence-electron chi connectivity index (χ3n) is 5.68. The Morgan fingerprint density at radius 2 is 2.07 bits per heavy atom. The number of nitrogens with zero attached hydrogens (tertiary/aromatic N) is 3. The Kier molecular flexibility index (Phi) is 5.87. The molecule has 1 aromatic carbocycles. The van der Waals surface area contributed by atoms with Gasteiger partial charge in [-0.3, -0.25) is 0 Å². The molecule has 0 radical (unpaired) electrons. The lowest BCUT2D eigenvalue weighted by molar-refractivity contribution is 0.320. The zero-order valence-electron chi connectivity index (χ0n) is 16.5. The standard InChI is InChI=1S/C22H27FN4S/c1-15-12-27(22-21-20(25-14-26-22)16(2)13-28-21)11-9-19(15)24-10-3-4-17-5-7-18(23)8-6-17/h5-8,13-15,19,24H,3-4,9-12H2,1-2H3. The maximum atomic E-state index is 13.0. The molecule has 0 amide bonds. The van der Waals surface area contributed by atoms with E-state index in [9.17, 15) is 4.39 Å². The average Bonchev–Trinajstić information content (AvgIpc) is 3.09. The highest BCUT2D eigenvalue weighted by atomic mass is 32.1. The Labute approximate surface area is 169 Å². The SMILES string of the molecule is Cc1csc2c(N3CCC(NCCCc4ccc(F)cc4)C(C)C3)ncnc12. The smallest absolute Gasteiger partial charge is 0.150 e. The number of rotatable bonds is 6. The van der Waals surface area contributed by atoms with Gasteiger partial charge in [0.05, 0.1) is 10.2 Å². The molecule has 0 aliphatic carbocycles. The Morgan fingerprint density at radius 1 is 1.25 bits per heavy atom. The minimum Gasteiger partial charge on any atom is -0.355 e. The lowest BCUT2D eigenvalue weighted by atomic mass is 9.93. The summed E-state index contributed by atoms with van der Waals surface area (Å²) < 4.78 is 14.2. The first kappa shape index (κ1) is 19.3. The summed E-state index contributed by atoms with van der Waals surface area (Å²) in [7, 11) is 0. The van der Waals surface area contributed by atoms with E-state index in [0.29, 0.717) is 12.0 Å². The van der Waals surface area contributed by atoms with Crippen LogP contribution in [-0.4, -0.2) is 35.6 Å². The molecule has 1 aliphatic heterocycles. The highest BCUT2D eigenvalue weighted by molar-refractivity contribution is 7.18. The Morgan fingerprint density at radius 3 is 2.86 bits per heavy atom. The first-order chi connectivity index (χ1) is 13.6. The minimum atomic E-state index is -0.166. The van der Waals surface area contributed by atoms with Crippen LogP contribution in [0.2, 0.25) is 0 Å². The fourth-order valence-corrected chi connectivity index (χ4v) is 5.07. The Balaban J connectivity index is 1.29. The van der Waals surface area contributed by atoms with Crippen LogP contribution in [0, 0.1) is 18.7 Å². The van der Waals surface area contributed by atoms with Gasteiger partial charge in [-0.1, -0.05) is 19.1 Å². The number of anilines is 1. The second kappa shape index (κ2) is 8.53. The van der Waals surface area contributed by atoms with Gasteiger partial charge in [-0.05, 0) is 67.3 Å². The van der Waals surface area contributed by atoms with E-state index < -0.39 is 0 Å². The van der Waals surface area contributed by atoms with Gasteiger partial charge in [0.2, 0.25) is 0 Å². The molecular formula is C22H27FN4S. The van der Waals surface area contributed by atoms with Crippen LogP contribution in [0.1, 0.15) is 30.9 Å². The number of fused-ring (bicyclic) bond motifs is 1. The van der Waals surface area contributed by atoms with Crippen LogP contribution in [0.4, 0.5) is 10.2 Å². The first-order valence-electron chi connectivity index (χ1n) is 10.0. The van der Waals surface area contributed by atoms with Crippen molar-refractivity contribution in [3.8, 4) is 0 Å². The number of thiophene rings is 1. The number of aromatic nitrogens is 2. The first-order valence-corrected chi connectivity index (χ1v) is 10.9. The van der Waals surface area contributed by atoms with Crippen LogP contribution in [0.3, 0.4) is 0 Å². The van der Waals surface area contributed by atoms with Gasteiger partial charge in [-0.15, -0.1) is 11.3 Å². The number of benzene rings is 1. The molecular weight excluding hydrogens is 371 g/mol. The fourth-order valence-electron chi connectivity index (χ4n) is 4.05. The quantitative estimate of drug-likeness (QED) is 0.617. The molecule has 2 aromatic heterocycles. The van der Waals surface area contributed by atoms with Crippen molar-refractivity contribution in [1.82, 2.24) is 15.3 Å². The van der Waals surface area contributed by atoms with E-state index in [2.05, 4.69) is 39.4 Å². The summed E-state index contributed by atoms with van der Waals surface area (Å²) in [6, 6.07) is 7.38. The molecule has 1 fully saturated rings. The van der Waals surface area contributed by atoms with Crippen molar-refractivity contribution in [3.05, 3.63) is 52.9 Å². The molecule has 2 unspecified atom stereocenters. The molecule has 6 heteroatoms. The van der Waals surface area contributed by atoms with Crippen molar-refractivity contribution in [2.75, 3.05) is 24.5 Å². The zero-order valence-corrected chi connectivity index (χ0v) is 17.3. The highest BCUT2D eigenvalue weighted by Crippen LogP contribution is 2.33. The van der Waals surface area contributed by atoms with Crippen LogP contribution in [0.5, 0.6) is 0 Å². The van der Waals surface area contributed by atoms with Crippen LogP contribution in [0.25, 0.3) is 10.2 Å². The summed E-state index contributed by atoms with van der Waals surface area (Å²) >= 11 is 1.75. The summed E-state index contributed by atoms with van der Waals surface area (Å²) in [4.78, 5) is 11.5. The lowest BCUT2D eigenvalue weighted by Gasteiger charge is -2.38. The summed E-state index contributed by atoms with van der Waals surface area (Å²) in [6.45, 7) is 7.46. The number of nitrogens with one attached hydrogen (secondary N) is 1. The van der Waals surface area contributed by atoms with Crippen LogP contribution < -0.4 is 10.2 Å². The minimum absolute atomic E-state index is 0.166. The lowest BCUT2D eigenvalue weighted by Crippen LogP contribution is -2.48. The third kappa shape index (κ3) is 4.18. The summed E-state index contributed by atoms with van der Waals surface area (Å²) in [6.07, 6.45) is 4.87. The normalized spacial score (nSPS) is 20.0. The van der Waals surface area contributed by atoms with Gasteiger partial charge in [-0.25, -0.2) is 14.4 Å². The van der Waals surface area contributed by atoms with Crippen molar-refractivity contribution in [2.45, 2.75) is 39.2 Å². The monoisotopic (exact) mass is 398 g/mol. The number of piperidine rings is 1. The van der Waals surface area contributed by atoms with Crippen molar-refractivity contribution < 1.29 is 4.39 Å². The molecule has 0 spiro atoms. The fraction of sp³-hybridized carbons (Fsp3) is 0.455. The molecule has 2 atom stereocenters. The number of hydrogen-bond acceptors (Lipinski definition) is 5. The maximum Gasteiger partial charge on any atom is 0.150 e. The molecule has 148 valence electrons. The van der Waals surface area contributed by atoms with Crippen molar-refractivity contribution in [3.63, 3.8) is 0 Å². The Bertz CT molecular complexity index is 924. The zero-order chi connectivity index (χ0) is 19.5. The van der Waals surface area contributed by atoms with Gasteiger partial charge in [0.15, 0.2) is 0 Å². The molecule has 3 heterocycles. The van der Waals surface area contributed by atoms with Gasteiger partial charge in [-0.2, -0.15) is 0 Å². The van der Waals surface area contributed by atoms with E-state index in [1.807, 2.05) is 12.1 Å². The topological polar surface area (TPSA) is 41.0 Å². The van der Waals surface area contributed by atoms with Gasteiger partial charge in [0.1, 0.15) is 18.0 Å². The molecule has 4 nitrogen and oxygen atoms in total. The molecule has 4 rings (SSSR count). The predicted octanol–water partition coefficient (Wildman–Crippen LogP) is 4.58. The molecule has 1 aliphatic rings. The summed E-state index contributed by atoms with van der Waals surface area (Å²) in [5.74, 6) is 1.48. The van der Waals surface area contributed by atoms with Gasteiger partial charge in [0.25, 0.3) is 0 Å². The van der Waals surface area contributed by atoms with Gasteiger partial charge >= 0.3 is 0 Å². The van der Waals surface area contributed by atoms with Crippen LogP contribution in [0.15, 0.2) is 36.0 Å². The van der Waals surface area contributed by atoms with E-state index in [1.165, 1.54) is 15.8 Å². The van der Waals surface area contributed by atoms with Crippen LogP contribution >= 0.6 is 11.3 Å². The molecule has 28 heavy (non-hydrogen) atoms. The van der Waals surface area contributed by atoms with E-state index in [0.717, 1.165) is 50.2 Å². The van der Waals surface area contributed by atoms with Crippen molar-refractivity contribution in [1.29, 1.82) is 0 Å². The molecule has 3 aromatic rings. The van der Waals surface area contributed by atoms with E-state index in [1.54, 1.807) is 29.8 Å². The largest absolute Gasteiger partial charge is 0.355 e. The summed E-state index contributed by atoms with van der Waals surface area (Å²) in [5, 5.41) is 5.90. The maximum absolute atomic E-state index is 13.0. The Hall–Kier alpha value is -2.05. The van der Waals surface area contributed by atoms with Crippen LogP contribution in [-0.2, 0) is 6.42 Å². The van der Waals surface area contributed by atoms with Crippen molar-refractivity contribution in [2.24, 2.45) is 5.92 Å². The third-order valence-corrected chi connectivity index (χ3v) is 6.76. The van der Waals surface area contributed by atoms with Gasteiger partial charge in [0, 0.05) is 19.1 Å². The predicted molar refractivity (Wildman–Crippen MR) is 115 cm³/mol. The number of aryl methyl sites for hydroxylation is 2. The molecule has 0 saturated carbocycles. The number of halogens is 1. The second-order valence-electron chi connectivity index (χ2n) is 7.80. The molecule has 1 N–H and O–H groups in total. The van der Waals surface area contributed by atoms with E-state index in [-0.39, 0.29) is 5.82 Å². The molecule has 1 saturated heterocycles.